The molecule has 21 heavy (non-hydrogen) atoms. The maximum atomic E-state index is 3.83. The molecule has 0 spiro atoms. The van der Waals surface area contributed by atoms with E-state index in [1.807, 2.05) is 0 Å². The highest BCUT2D eigenvalue weighted by Crippen LogP contribution is 2.36. The van der Waals surface area contributed by atoms with E-state index in [1.54, 1.807) is 11.1 Å². The Morgan fingerprint density at radius 1 is 1.24 bits per heavy atom. The van der Waals surface area contributed by atoms with E-state index in [0.717, 1.165) is 12.5 Å². The lowest BCUT2D eigenvalue weighted by Crippen LogP contribution is -2.47. The minimum atomic E-state index is 0.539. The number of hydrogen-bond acceptors (Lipinski definition) is 2. The molecule has 2 heteroatoms. The van der Waals surface area contributed by atoms with Crippen LogP contribution in [0.2, 0.25) is 0 Å². The van der Waals surface area contributed by atoms with Gasteiger partial charge in [-0.3, -0.25) is 4.90 Å². The van der Waals surface area contributed by atoms with Crippen LogP contribution < -0.4 is 5.32 Å². The zero-order valence-corrected chi connectivity index (χ0v) is 13.6. The van der Waals surface area contributed by atoms with Crippen LogP contribution in [-0.2, 0) is 6.42 Å². The summed E-state index contributed by atoms with van der Waals surface area (Å²) in [5, 5.41) is 3.83. The molecule has 1 aromatic rings. The summed E-state index contributed by atoms with van der Waals surface area (Å²) >= 11 is 0. The lowest BCUT2D eigenvalue weighted by Gasteiger charge is -2.39. The van der Waals surface area contributed by atoms with E-state index in [-0.39, 0.29) is 0 Å². The quantitative estimate of drug-likeness (QED) is 0.886. The molecule has 3 unspecified atom stereocenters. The zero-order valence-electron chi connectivity index (χ0n) is 13.6. The SMILES string of the molecule is CCCNC1c2ccccc2CC1N1CCCC(CC)C1. The molecule has 1 saturated heterocycles. The van der Waals surface area contributed by atoms with Gasteiger partial charge >= 0.3 is 0 Å². The smallest absolute Gasteiger partial charge is 0.0484 e. The molecule has 0 radical (unpaired) electrons. The Kier molecular flexibility index (Phi) is 4.97. The molecule has 2 nitrogen and oxygen atoms in total. The van der Waals surface area contributed by atoms with Gasteiger partial charge in [-0.05, 0) is 55.8 Å². The van der Waals surface area contributed by atoms with Crippen LogP contribution in [-0.4, -0.2) is 30.6 Å². The minimum absolute atomic E-state index is 0.539. The summed E-state index contributed by atoms with van der Waals surface area (Å²) in [7, 11) is 0. The Morgan fingerprint density at radius 2 is 2.10 bits per heavy atom. The van der Waals surface area contributed by atoms with Crippen molar-refractivity contribution in [3.63, 3.8) is 0 Å². The van der Waals surface area contributed by atoms with Crippen LogP contribution >= 0.6 is 0 Å². The van der Waals surface area contributed by atoms with Crippen LogP contribution in [0.15, 0.2) is 24.3 Å². The van der Waals surface area contributed by atoms with Gasteiger partial charge in [0, 0.05) is 18.6 Å². The van der Waals surface area contributed by atoms with Gasteiger partial charge in [0.05, 0.1) is 0 Å². The Bertz CT molecular complexity index is 457. The third-order valence-electron chi connectivity index (χ3n) is 5.42. The van der Waals surface area contributed by atoms with Crippen LogP contribution in [0, 0.1) is 5.92 Å². The second-order valence-electron chi connectivity index (χ2n) is 6.81. The van der Waals surface area contributed by atoms with E-state index in [0.29, 0.717) is 12.1 Å². The number of piperidine rings is 1. The van der Waals surface area contributed by atoms with E-state index < -0.39 is 0 Å². The maximum Gasteiger partial charge on any atom is 0.0484 e. The Hall–Kier alpha value is -0.860. The minimum Gasteiger partial charge on any atom is -0.309 e. The molecular weight excluding hydrogens is 256 g/mol. The lowest BCUT2D eigenvalue weighted by atomic mass is 9.93. The first kappa shape index (κ1) is 15.1. The van der Waals surface area contributed by atoms with E-state index in [9.17, 15) is 0 Å². The molecular formula is C19H30N2. The fraction of sp³-hybridized carbons (Fsp3) is 0.684. The first-order valence-corrected chi connectivity index (χ1v) is 8.88. The maximum absolute atomic E-state index is 3.83. The van der Waals surface area contributed by atoms with Gasteiger partial charge < -0.3 is 5.32 Å². The number of benzene rings is 1. The van der Waals surface area contributed by atoms with Crippen LogP contribution in [0.4, 0.5) is 0 Å². The van der Waals surface area contributed by atoms with Gasteiger partial charge in [0.15, 0.2) is 0 Å². The van der Waals surface area contributed by atoms with E-state index in [4.69, 9.17) is 0 Å². The molecule has 1 aliphatic heterocycles. The van der Waals surface area contributed by atoms with E-state index in [1.165, 1.54) is 45.2 Å². The van der Waals surface area contributed by atoms with Crippen molar-refractivity contribution in [2.24, 2.45) is 5.92 Å². The van der Waals surface area contributed by atoms with Gasteiger partial charge in [0.1, 0.15) is 0 Å². The van der Waals surface area contributed by atoms with Gasteiger partial charge in [-0.1, -0.05) is 44.5 Å². The van der Waals surface area contributed by atoms with Crippen molar-refractivity contribution in [2.75, 3.05) is 19.6 Å². The molecule has 3 rings (SSSR count). The van der Waals surface area contributed by atoms with Crippen LogP contribution in [0.25, 0.3) is 0 Å². The summed E-state index contributed by atoms with van der Waals surface area (Å²) in [5.74, 6) is 0.911. The third-order valence-corrected chi connectivity index (χ3v) is 5.42. The van der Waals surface area contributed by atoms with Gasteiger partial charge in [-0.25, -0.2) is 0 Å². The predicted molar refractivity (Wildman–Crippen MR) is 89.6 cm³/mol. The lowest BCUT2D eigenvalue weighted by molar-refractivity contribution is 0.103. The third kappa shape index (κ3) is 3.17. The Balaban J connectivity index is 1.77. The molecule has 0 saturated carbocycles. The molecule has 1 N–H and O–H groups in total. The van der Waals surface area contributed by atoms with Gasteiger partial charge in [0.25, 0.3) is 0 Å². The van der Waals surface area contributed by atoms with Crippen molar-refractivity contribution in [1.82, 2.24) is 10.2 Å². The highest BCUT2D eigenvalue weighted by atomic mass is 15.2. The normalized spacial score (nSPS) is 29.5. The summed E-state index contributed by atoms with van der Waals surface area (Å²) < 4.78 is 0. The fourth-order valence-corrected chi connectivity index (χ4v) is 4.19. The fourth-order valence-electron chi connectivity index (χ4n) is 4.19. The van der Waals surface area contributed by atoms with Gasteiger partial charge in [0.2, 0.25) is 0 Å². The summed E-state index contributed by atoms with van der Waals surface area (Å²) in [6, 6.07) is 10.3. The average Bonchev–Trinajstić information content (AvgIpc) is 2.91. The van der Waals surface area contributed by atoms with Crippen LogP contribution in [0.1, 0.15) is 56.7 Å². The zero-order chi connectivity index (χ0) is 14.7. The van der Waals surface area contributed by atoms with E-state index in [2.05, 4.69) is 48.3 Å². The number of nitrogens with one attached hydrogen (secondary N) is 1. The Morgan fingerprint density at radius 3 is 2.90 bits per heavy atom. The summed E-state index contributed by atoms with van der Waals surface area (Å²) in [4.78, 5) is 2.78. The van der Waals surface area contributed by atoms with Crippen molar-refractivity contribution in [3.05, 3.63) is 35.4 Å². The molecule has 1 aliphatic carbocycles. The molecule has 3 atom stereocenters. The molecule has 1 fully saturated rings. The molecule has 0 amide bonds. The van der Waals surface area contributed by atoms with Crippen molar-refractivity contribution in [3.8, 4) is 0 Å². The van der Waals surface area contributed by atoms with Crippen molar-refractivity contribution in [2.45, 2.75) is 58.0 Å². The monoisotopic (exact) mass is 286 g/mol. The second kappa shape index (κ2) is 6.93. The molecule has 1 aromatic carbocycles. The predicted octanol–water partition coefficient (Wildman–Crippen LogP) is 3.77. The number of fused-ring (bicyclic) bond motifs is 1. The number of rotatable bonds is 5. The molecule has 116 valence electrons. The highest BCUT2D eigenvalue weighted by Gasteiger charge is 2.37. The second-order valence-corrected chi connectivity index (χ2v) is 6.81. The number of hydrogen-bond donors (Lipinski definition) is 1. The number of likely N-dealkylation sites (tertiary alicyclic amines) is 1. The van der Waals surface area contributed by atoms with Gasteiger partial charge in [-0.2, -0.15) is 0 Å². The van der Waals surface area contributed by atoms with Gasteiger partial charge in [-0.15, -0.1) is 0 Å². The standard InChI is InChI=1S/C19H30N2/c1-3-11-20-19-17-10-6-5-9-16(17)13-18(19)21-12-7-8-15(4-2)14-21/h5-6,9-10,15,18-20H,3-4,7-8,11-14H2,1-2H3. The largest absolute Gasteiger partial charge is 0.309 e. The topological polar surface area (TPSA) is 15.3 Å². The van der Waals surface area contributed by atoms with Crippen LogP contribution in [0.3, 0.4) is 0 Å². The van der Waals surface area contributed by atoms with Crippen LogP contribution in [0.5, 0.6) is 0 Å². The first-order chi connectivity index (χ1) is 10.3. The van der Waals surface area contributed by atoms with Crippen molar-refractivity contribution >= 4 is 0 Å². The van der Waals surface area contributed by atoms with Crippen molar-refractivity contribution in [1.29, 1.82) is 0 Å². The average molecular weight is 286 g/mol. The van der Waals surface area contributed by atoms with E-state index >= 15 is 0 Å². The molecule has 0 aromatic heterocycles. The highest BCUT2D eigenvalue weighted by molar-refractivity contribution is 5.37. The first-order valence-electron chi connectivity index (χ1n) is 8.88. The molecule has 1 heterocycles. The summed E-state index contributed by atoms with van der Waals surface area (Å²) in [6.07, 6.45) is 6.59. The number of nitrogens with zero attached hydrogens (tertiary/aromatic N) is 1. The molecule has 2 aliphatic rings. The molecule has 0 bridgehead atoms. The summed E-state index contributed by atoms with van der Waals surface area (Å²) in [5.41, 5.74) is 3.12. The Labute approximate surface area is 129 Å². The van der Waals surface area contributed by atoms with Crippen molar-refractivity contribution < 1.29 is 0 Å². The summed E-state index contributed by atoms with van der Waals surface area (Å²) in [6.45, 7) is 8.33.